The van der Waals surface area contributed by atoms with Crippen LogP contribution in [0.1, 0.15) is 23.6 Å². The molecule has 5 heteroatoms. The summed E-state index contributed by atoms with van der Waals surface area (Å²) in [6.45, 7) is 6.40. The number of carbonyl (C=O) groups excluding carboxylic acids is 1. The molecular formula is C19H23N3O2. The van der Waals surface area contributed by atoms with E-state index < -0.39 is 0 Å². The van der Waals surface area contributed by atoms with E-state index >= 15 is 0 Å². The number of urea groups is 1. The lowest BCUT2D eigenvalue weighted by Gasteiger charge is -2.18. The summed E-state index contributed by atoms with van der Waals surface area (Å²) in [7, 11) is 0. The van der Waals surface area contributed by atoms with E-state index in [1.165, 1.54) is 11.1 Å². The van der Waals surface area contributed by atoms with Gasteiger partial charge in [0, 0.05) is 24.0 Å². The van der Waals surface area contributed by atoms with Gasteiger partial charge in [0.15, 0.2) is 0 Å². The molecule has 0 fully saturated rings. The van der Waals surface area contributed by atoms with Crippen LogP contribution >= 0.6 is 0 Å². The summed E-state index contributed by atoms with van der Waals surface area (Å²) in [6, 6.07) is 11.5. The topological polar surface area (TPSA) is 62.4 Å². The lowest BCUT2D eigenvalue weighted by Crippen LogP contribution is -2.24. The first kappa shape index (κ1) is 16.3. The van der Waals surface area contributed by atoms with Gasteiger partial charge in [0.2, 0.25) is 0 Å². The van der Waals surface area contributed by atoms with Gasteiger partial charge >= 0.3 is 6.03 Å². The molecule has 0 unspecified atom stereocenters. The summed E-state index contributed by atoms with van der Waals surface area (Å²) in [5.74, 6) is 0.789. The van der Waals surface area contributed by atoms with Crippen molar-refractivity contribution in [3.05, 3.63) is 53.1 Å². The Kier molecular flexibility index (Phi) is 5.01. The van der Waals surface area contributed by atoms with Crippen molar-refractivity contribution >= 4 is 17.4 Å². The van der Waals surface area contributed by atoms with Crippen LogP contribution < -0.4 is 20.7 Å². The highest BCUT2D eigenvalue weighted by Gasteiger charge is 2.10. The second kappa shape index (κ2) is 7.36. The maximum absolute atomic E-state index is 12.2. The van der Waals surface area contributed by atoms with Crippen LogP contribution in [0.4, 0.5) is 16.2 Å². The van der Waals surface area contributed by atoms with Gasteiger partial charge in [-0.05, 0) is 61.7 Å². The SMILES string of the molecule is CCOc1cc(NC(=O)Nc2ccc3c(c2)CCNC3)ccc1C. The summed E-state index contributed by atoms with van der Waals surface area (Å²) in [4.78, 5) is 12.2. The van der Waals surface area contributed by atoms with Crippen LogP contribution in [0.2, 0.25) is 0 Å². The van der Waals surface area contributed by atoms with Crippen LogP contribution in [0.3, 0.4) is 0 Å². The summed E-state index contributed by atoms with van der Waals surface area (Å²) in [5, 5.41) is 9.09. The van der Waals surface area contributed by atoms with E-state index in [0.717, 1.165) is 36.5 Å². The van der Waals surface area contributed by atoms with E-state index in [1.54, 1.807) is 0 Å². The second-order valence-corrected chi connectivity index (χ2v) is 5.90. The fourth-order valence-electron chi connectivity index (χ4n) is 2.84. The molecule has 0 radical (unpaired) electrons. The van der Waals surface area contributed by atoms with Gasteiger partial charge in [-0.25, -0.2) is 4.79 Å². The number of nitrogens with one attached hydrogen (secondary N) is 3. The average molecular weight is 325 g/mol. The molecule has 0 aromatic heterocycles. The predicted octanol–water partition coefficient (Wildman–Crippen LogP) is 3.68. The zero-order chi connectivity index (χ0) is 16.9. The van der Waals surface area contributed by atoms with Crippen molar-refractivity contribution in [1.82, 2.24) is 5.32 Å². The van der Waals surface area contributed by atoms with Crippen molar-refractivity contribution in [1.29, 1.82) is 0 Å². The summed E-state index contributed by atoms with van der Waals surface area (Å²) in [5.41, 5.74) is 5.16. The van der Waals surface area contributed by atoms with Crippen LogP contribution in [-0.2, 0) is 13.0 Å². The van der Waals surface area contributed by atoms with Crippen LogP contribution in [0.25, 0.3) is 0 Å². The molecule has 1 aliphatic heterocycles. The number of aryl methyl sites for hydroxylation is 1. The molecule has 1 aliphatic rings. The Hall–Kier alpha value is -2.53. The Morgan fingerprint density at radius 1 is 1.12 bits per heavy atom. The number of hydrogen-bond acceptors (Lipinski definition) is 3. The normalized spacial score (nSPS) is 13.1. The van der Waals surface area contributed by atoms with E-state index in [9.17, 15) is 4.79 Å². The third kappa shape index (κ3) is 3.86. The van der Waals surface area contributed by atoms with E-state index in [1.807, 2.05) is 38.1 Å². The van der Waals surface area contributed by atoms with Gasteiger partial charge in [0.25, 0.3) is 0 Å². The number of ether oxygens (including phenoxy) is 1. The number of anilines is 2. The monoisotopic (exact) mass is 325 g/mol. The molecule has 1 heterocycles. The minimum atomic E-state index is -0.254. The molecule has 126 valence electrons. The molecule has 3 N–H and O–H groups in total. The molecule has 2 aromatic carbocycles. The Labute approximate surface area is 142 Å². The van der Waals surface area contributed by atoms with Crippen molar-refractivity contribution in [3.63, 3.8) is 0 Å². The number of hydrogen-bond donors (Lipinski definition) is 3. The first-order valence-corrected chi connectivity index (χ1v) is 8.29. The number of rotatable bonds is 4. The highest BCUT2D eigenvalue weighted by Crippen LogP contribution is 2.23. The molecule has 0 aliphatic carbocycles. The zero-order valence-corrected chi connectivity index (χ0v) is 14.1. The van der Waals surface area contributed by atoms with Crippen LogP contribution in [0, 0.1) is 6.92 Å². The lowest BCUT2D eigenvalue weighted by atomic mass is 10.0. The van der Waals surface area contributed by atoms with Crippen LogP contribution in [-0.4, -0.2) is 19.2 Å². The van der Waals surface area contributed by atoms with Crippen molar-refractivity contribution in [3.8, 4) is 5.75 Å². The summed E-state index contributed by atoms with van der Waals surface area (Å²) >= 11 is 0. The predicted molar refractivity (Wildman–Crippen MR) is 96.8 cm³/mol. The van der Waals surface area contributed by atoms with Gasteiger partial charge in [0.05, 0.1) is 6.61 Å². The molecule has 0 saturated heterocycles. The van der Waals surface area contributed by atoms with Crippen LogP contribution in [0.15, 0.2) is 36.4 Å². The third-order valence-electron chi connectivity index (χ3n) is 4.10. The Bertz CT molecular complexity index is 743. The van der Waals surface area contributed by atoms with Crippen LogP contribution in [0.5, 0.6) is 5.75 Å². The van der Waals surface area contributed by atoms with E-state index in [-0.39, 0.29) is 6.03 Å². The molecule has 3 rings (SSSR count). The quantitative estimate of drug-likeness (QED) is 0.803. The number of benzene rings is 2. The molecule has 2 aromatic rings. The largest absolute Gasteiger partial charge is 0.494 e. The first-order valence-electron chi connectivity index (χ1n) is 8.29. The Balaban J connectivity index is 1.66. The van der Waals surface area contributed by atoms with Gasteiger partial charge < -0.3 is 20.7 Å². The standard InChI is InChI=1S/C19H23N3O2/c1-3-24-18-11-17(6-4-13(18)2)22-19(23)21-16-7-5-15-12-20-9-8-14(15)10-16/h4-7,10-11,20H,3,8-9,12H2,1-2H3,(H2,21,22,23). The Morgan fingerprint density at radius 2 is 1.88 bits per heavy atom. The average Bonchev–Trinajstić information content (AvgIpc) is 2.58. The van der Waals surface area contributed by atoms with Gasteiger partial charge in [0.1, 0.15) is 5.75 Å². The van der Waals surface area contributed by atoms with E-state index in [4.69, 9.17) is 4.74 Å². The second-order valence-electron chi connectivity index (χ2n) is 5.90. The van der Waals surface area contributed by atoms with Gasteiger partial charge in [-0.15, -0.1) is 0 Å². The molecule has 24 heavy (non-hydrogen) atoms. The van der Waals surface area contributed by atoms with E-state index in [0.29, 0.717) is 12.3 Å². The van der Waals surface area contributed by atoms with E-state index in [2.05, 4.69) is 28.1 Å². The molecule has 0 bridgehead atoms. The minimum Gasteiger partial charge on any atom is -0.494 e. The molecular weight excluding hydrogens is 302 g/mol. The fourth-order valence-corrected chi connectivity index (χ4v) is 2.84. The van der Waals surface area contributed by atoms with Gasteiger partial charge in [-0.1, -0.05) is 12.1 Å². The smallest absolute Gasteiger partial charge is 0.323 e. The molecule has 0 atom stereocenters. The lowest BCUT2D eigenvalue weighted by molar-refractivity contribution is 0.262. The van der Waals surface area contributed by atoms with Gasteiger partial charge in [-0.3, -0.25) is 0 Å². The fraction of sp³-hybridized carbons (Fsp3) is 0.316. The summed E-state index contributed by atoms with van der Waals surface area (Å²) in [6.07, 6.45) is 0.988. The number of carbonyl (C=O) groups is 1. The Morgan fingerprint density at radius 3 is 2.67 bits per heavy atom. The third-order valence-corrected chi connectivity index (χ3v) is 4.10. The zero-order valence-electron chi connectivity index (χ0n) is 14.1. The number of fused-ring (bicyclic) bond motifs is 1. The number of amides is 2. The molecule has 0 spiro atoms. The maximum Gasteiger partial charge on any atom is 0.323 e. The molecule has 5 nitrogen and oxygen atoms in total. The summed E-state index contributed by atoms with van der Waals surface area (Å²) < 4.78 is 5.56. The van der Waals surface area contributed by atoms with Crippen molar-refractivity contribution in [2.75, 3.05) is 23.8 Å². The highest BCUT2D eigenvalue weighted by atomic mass is 16.5. The first-order chi connectivity index (χ1) is 11.7. The maximum atomic E-state index is 12.2. The van der Waals surface area contributed by atoms with Crippen molar-refractivity contribution in [2.45, 2.75) is 26.8 Å². The molecule has 2 amide bonds. The highest BCUT2D eigenvalue weighted by molar-refractivity contribution is 6.00. The van der Waals surface area contributed by atoms with Gasteiger partial charge in [-0.2, -0.15) is 0 Å². The molecule has 0 saturated carbocycles. The minimum absolute atomic E-state index is 0.254. The van der Waals surface area contributed by atoms with Crippen molar-refractivity contribution < 1.29 is 9.53 Å². The van der Waals surface area contributed by atoms with Crippen molar-refractivity contribution in [2.24, 2.45) is 0 Å².